The summed E-state index contributed by atoms with van der Waals surface area (Å²) < 4.78 is 7.42. The standard InChI is InChI=1S/C11H15Br2NO/c1-2-15-7-3-6-14-11-5-4-9(12)8-10(11)13/h4-5,8,14H,2-3,6-7H2,1H3. The highest BCUT2D eigenvalue weighted by atomic mass is 79.9. The van der Waals surface area contributed by atoms with Crippen LogP contribution in [-0.2, 0) is 4.74 Å². The number of hydrogen-bond acceptors (Lipinski definition) is 2. The topological polar surface area (TPSA) is 21.3 Å². The number of rotatable bonds is 6. The average Bonchev–Trinajstić information content (AvgIpc) is 2.20. The van der Waals surface area contributed by atoms with Gasteiger partial charge >= 0.3 is 0 Å². The second kappa shape index (κ2) is 7.25. The van der Waals surface area contributed by atoms with Crippen molar-refractivity contribution in [2.24, 2.45) is 0 Å². The molecule has 2 nitrogen and oxygen atoms in total. The molecule has 0 fully saturated rings. The SMILES string of the molecule is CCOCCCNc1ccc(Br)cc1Br. The van der Waals surface area contributed by atoms with Crippen molar-refractivity contribution in [1.29, 1.82) is 0 Å². The highest BCUT2D eigenvalue weighted by Gasteiger charge is 1.98. The average molecular weight is 337 g/mol. The number of benzene rings is 1. The monoisotopic (exact) mass is 335 g/mol. The molecule has 0 atom stereocenters. The third-order valence-electron chi connectivity index (χ3n) is 1.92. The first-order valence-electron chi connectivity index (χ1n) is 5.00. The van der Waals surface area contributed by atoms with Gasteiger partial charge < -0.3 is 10.1 Å². The molecule has 15 heavy (non-hydrogen) atoms. The lowest BCUT2D eigenvalue weighted by Gasteiger charge is -2.08. The van der Waals surface area contributed by atoms with Crippen LogP contribution in [0, 0.1) is 0 Å². The Morgan fingerprint density at radius 3 is 2.80 bits per heavy atom. The van der Waals surface area contributed by atoms with Crippen LogP contribution in [0.3, 0.4) is 0 Å². The summed E-state index contributed by atoms with van der Waals surface area (Å²) in [5.41, 5.74) is 1.12. The fourth-order valence-electron chi connectivity index (χ4n) is 1.17. The maximum absolute atomic E-state index is 5.26. The summed E-state index contributed by atoms with van der Waals surface area (Å²) in [5, 5.41) is 3.35. The molecule has 0 bridgehead atoms. The van der Waals surface area contributed by atoms with Crippen molar-refractivity contribution >= 4 is 37.5 Å². The fraction of sp³-hybridized carbons (Fsp3) is 0.455. The molecule has 1 aromatic rings. The Morgan fingerprint density at radius 1 is 1.33 bits per heavy atom. The van der Waals surface area contributed by atoms with Crippen LogP contribution >= 0.6 is 31.9 Å². The Balaban J connectivity index is 2.31. The predicted octanol–water partition coefficient (Wildman–Crippen LogP) is 4.05. The van der Waals surface area contributed by atoms with Gasteiger partial charge in [0.15, 0.2) is 0 Å². The maximum atomic E-state index is 5.26. The van der Waals surface area contributed by atoms with Gasteiger partial charge in [-0.25, -0.2) is 0 Å². The molecule has 4 heteroatoms. The van der Waals surface area contributed by atoms with Crippen molar-refractivity contribution in [3.05, 3.63) is 27.1 Å². The summed E-state index contributed by atoms with van der Waals surface area (Å²) in [5.74, 6) is 0. The minimum atomic E-state index is 0.794. The van der Waals surface area contributed by atoms with Gasteiger partial charge in [0.2, 0.25) is 0 Å². The molecule has 0 aliphatic rings. The Labute approximate surface area is 108 Å². The minimum absolute atomic E-state index is 0.794. The molecule has 0 spiro atoms. The largest absolute Gasteiger partial charge is 0.384 e. The Kier molecular flexibility index (Phi) is 6.29. The summed E-state index contributed by atoms with van der Waals surface area (Å²) in [4.78, 5) is 0. The molecule has 0 saturated heterocycles. The van der Waals surface area contributed by atoms with E-state index in [2.05, 4.69) is 43.2 Å². The summed E-state index contributed by atoms with van der Waals surface area (Å²) in [6, 6.07) is 6.11. The lowest BCUT2D eigenvalue weighted by atomic mass is 10.3. The van der Waals surface area contributed by atoms with Crippen LogP contribution in [0.5, 0.6) is 0 Å². The van der Waals surface area contributed by atoms with E-state index in [-0.39, 0.29) is 0 Å². The van der Waals surface area contributed by atoms with Gasteiger partial charge in [-0.2, -0.15) is 0 Å². The van der Waals surface area contributed by atoms with Crippen molar-refractivity contribution < 1.29 is 4.74 Å². The molecular formula is C11H15Br2NO. The van der Waals surface area contributed by atoms with E-state index in [1.54, 1.807) is 0 Å². The van der Waals surface area contributed by atoms with E-state index in [9.17, 15) is 0 Å². The molecule has 0 heterocycles. The molecule has 84 valence electrons. The molecular weight excluding hydrogens is 322 g/mol. The van der Waals surface area contributed by atoms with Crippen LogP contribution in [0.15, 0.2) is 27.1 Å². The van der Waals surface area contributed by atoms with E-state index in [0.29, 0.717) is 0 Å². The zero-order valence-corrected chi connectivity index (χ0v) is 11.9. The molecule has 1 N–H and O–H groups in total. The van der Waals surface area contributed by atoms with Gasteiger partial charge in [-0.15, -0.1) is 0 Å². The molecule has 0 amide bonds. The Morgan fingerprint density at radius 2 is 2.13 bits per heavy atom. The smallest absolute Gasteiger partial charge is 0.0485 e. The van der Waals surface area contributed by atoms with Gasteiger partial charge in [0.05, 0.1) is 0 Å². The van der Waals surface area contributed by atoms with Crippen LogP contribution in [0.1, 0.15) is 13.3 Å². The van der Waals surface area contributed by atoms with E-state index >= 15 is 0 Å². The van der Waals surface area contributed by atoms with Crippen molar-refractivity contribution in [2.45, 2.75) is 13.3 Å². The van der Waals surface area contributed by atoms with Crippen LogP contribution in [0.2, 0.25) is 0 Å². The number of nitrogens with one attached hydrogen (secondary N) is 1. The molecule has 0 saturated carbocycles. The van der Waals surface area contributed by atoms with Gasteiger partial charge in [0.1, 0.15) is 0 Å². The summed E-state index contributed by atoms with van der Waals surface area (Å²) in [6.45, 7) is 4.55. The summed E-state index contributed by atoms with van der Waals surface area (Å²) in [7, 11) is 0. The lowest BCUT2D eigenvalue weighted by Crippen LogP contribution is -2.05. The van der Waals surface area contributed by atoms with E-state index < -0.39 is 0 Å². The van der Waals surface area contributed by atoms with Gasteiger partial charge in [0.25, 0.3) is 0 Å². The maximum Gasteiger partial charge on any atom is 0.0485 e. The molecule has 0 unspecified atom stereocenters. The zero-order valence-electron chi connectivity index (χ0n) is 8.72. The van der Waals surface area contributed by atoms with E-state index in [4.69, 9.17) is 4.74 Å². The first-order valence-corrected chi connectivity index (χ1v) is 6.59. The van der Waals surface area contributed by atoms with Crippen LogP contribution < -0.4 is 5.32 Å². The van der Waals surface area contributed by atoms with Crippen LogP contribution in [-0.4, -0.2) is 19.8 Å². The van der Waals surface area contributed by atoms with Crippen molar-refractivity contribution in [1.82, 2.24) is 0 Å². The number of hydrogen-bond donors (Lipinski definition) is 1. The molecule has 0 aromatic heterocycles. The van der Waals surface area contributed by atoms with Crippen molar-refractivity contribution in [3.8, 4) is 0 Å². The molecule has 0 aliphatic carbocycles. The van der Waals surface area contributed by atoms with Gasteiger partial charge in [-0.1, -0.05) is 15.9 Å². The minimum Gasteiger partial charge on any atom is -0.384 e. The normalized spacial score (nSPS) is 10.3. The third-order valence-corrected chi connectivity index (χ3v) is 3.07. The molecule has 0 radical (unpaired) electrons. The fourth-order valence-corrected chi connectivity index (χ4v) is 2.36. The van der Waals surface area contributed by atoms with E-state index in [0.717, 1.165) is 40.8 Å². The number of ether oxygens (including phenoxy) is 1. The Hall–Kier alpha value is -0.0600. The second-order valence-corrected chi connectivity index (χ2v) is 4.87. The summed E-state index contributed by atoms with van der Waals surface area (Å²) in [6.07, 6.45) is 1.02. The van der Waals surface area contributed by atoms with Crippen LogP contribution in [0.25, 0.3) is 0 Å². The van der Waals surface area contributed by atoms with E-state index in [1.165, 1.54) is 0 Å². The van der Waals surface area contributed by atoms with Crippen LogP contribution in [0.4, 0.5) is 5.69 Å². The quantitative estimate of drug-likeness (QED) is 0.791. The number of anilines is 1. The second-order valence-electron chi connectivity index (χ2n) is 3.10. The molecule has 1 rings (SSSR count). The van der Waals surface area contributed by atoms with E-state index in [1.807, 2.05) is 19.1 Å². The van der Waals surface area contributed by atoms with Gasteiger partial charge in [0, 0.05) is 34.4 Å². The highest BCUT2D eigenvalue weighted by molar-refractivity contribution is 9.11. The zero-order chi connectivity index (χ0) is 11.1. The first kappa shape index (κ1) is 13.0. The highest BCUT2D eigenvalue weighted by Crippen LogP contribution is 2.25. The summed E-state index contributed by atoms with van der Waals surface area (Å²) >= 11 is 6.93. The number of halogens is 2. The molecule has 1 aromatic carbocycles. The van der Waals surface area contributed by atoms with Crippen molar-refractivity contribution in [3.63, 3.8) is 0 Å². The van der Waals surface area contributed by atoms with Gasteiger partial charge in [-0.3, -0.25) is 0 Å². The van der Waals surface area contributed by atoms with Gasteiger partial charge in [-0.05, 0) is 47.5 Å². The molecule has 0 aliphatic heterocycles. The Bertz CT molecular complexity index is 305. The third kappa shape index (κ3) is 5.00. The first-order chi connectivity index (χ1) is 7.24. The van der Waals surface area contributed by atoms with Crippen molar-refractivity contribution in [2.75, 3.05) is 25.1 Å². The lowest BCUT2D eigenvalue weighted by molar-refractivity contribution is 0.147. The predicted molar refractivity (Wildman–Crippen MR) is 71.4 cm³/mol.